The lowest BCUT2D eigenvalue weighted by Crippen LogP contribution is -2.12. The maximum absolute atomic E-state index is 12.8. The standard InChI is InChI=1S/C25H17N3O2/c29-25(28-18-10-13-26-14-11-18)21-6-3-4-17-16-19(8-9-20(17)21)30-24-12-15-27-23-7-2-1-5-22(23)24/h1-16H,(H,26,28,29). The van der Waals surface area contributed by atoms with Crippen molar-refractivity contribution in [3.8, 4) is 11.5 Å². The second-order valence-corrected chi connectivity index (χ2v) is 6.81. The zero-order chi connectivity index (χ0) is 20.3. The highest BCUT2D eigenvalue weighted by Crippen LogP contribution is 2.31. The maximum atomic E-state index is 12.8. The van der Waals surface area contributed by atoms with Crippen molar-refractivity contribution in [1.82, 2.24) is 9.97 Å². The average molecular weight is 391 g/mol. The van der Waals surface area contributed by atoms with E-state index in [1.54, 1.807) is 30.7 Å². The number of hydrogen-bond acceptors (Lipinski definition) is 4. The highest BCUT2D eigenvalue weighted by molar-refractivity contribution is 6.13. The van der Waals surface area contributed by atoms with Crippen LogP contribution in [0.5, 0.6) is 11.5 Å². The number of nitrogens with one attached hydrogen (secondary N) is 1. The predicted molar refractivity (Wildman–Crippen MR) is 118 cm³/mol. The molecule has 0 aliphatic rings. The third-order valence-electron chi connectivity index (χ3n) is 4.87. The zero-order valence-corrected chi connectivity index (χ0v) is 15.9. The van der Waals surface area contributed by atoms with Gasteiger partial charge in [-0.25, -0.2) is 0 Å². The first-order valence-corrected chi connectivity index (χ1v) is 9.54. The van der Waals surface area contributed by atoms with Gasteiger partial charge in [0.2, 0.25) is 0 Å². The van der Waals surface area contributed by atoms with Crippen LogP contribution < -0.4 is 10.1 Å². The predicted octanol–water partition coefficient (Wildman–Crippen LogP) is 5.83. The molecule has 0 radical (unpaired) electrons. The molecule has 30 heavy (non-hydrogen) atoms. The molecule has 3 aromatic carbocycles. The third-order valence-corrected chi connectivity index (χ3v) is 4.87. The Hall–Kier alpha value is -4.25. The molecule has 2 aromatic heterocycles. The number of aromatic nitrogens is 2. The summed E-state index contributed by atoms with van der Waals surface area (Å²) < 4.78 is 6.15. The van der Waals surface area contributed by atoms with Gasteiger partial charge in [-0.05, 0) is 65.4 Å². The number of anilines is 1. The van der Waals surface area contributed by atoms with Crippen LogP contribution in [0.15, 0.2) is 97.5 Å². The Bertz CT molecular complexity index is 1360. The van der Waals surface area contributed by atoms with Crippen molar-refractivity contribution in [3.63, 3.8) is 0 Å². The van der Waals surface area contributed by atoms with Gasteiger partial charge < -0.3 is 10.1 Å². The SMILES string of the molecule is O=C(Nc1ccncc1)c1cccc2cc(Oc3ccnc4ccccc34)ccc12. The van der Waals surface area contributed by atoms with Crippen LogP contribution in [0.3, 0.4) is 0 Å². The minimum absolute atomic E-state index is 0.166. The summed E-state index contributed by atoms with van der Waals surface area (Å²) >= 11 is 0. The van der Waals surface area contributed by atoms with Gasteiger partial charge in [-0.3, -0.25) is 14.8 Å². The van der Waals surface area contributed by atoms with E-state index >= 15 is 0 Å². The van der Waals surface area contributed by atoms with Gasteiger partial charge in [-0.2, -0.15) is 0 Å². The van der Waals surface area contributed by atoms with E-state index in [2.05, 4.69) is 15.3 Å². The first-order chi connectivity index (χ1) is 14.8. The lowest BCUT2D eigenvalue weighted by molar-refractivity contribution is 0.102. The van der Waals surface area contributed by atoms with Crippen LogP contribution in [0, 0.1) is 0 Å². The van der Waals surface area contributed by atoms with Gasteiger partial charge in [0.25, 0.3) is 5.91 Å². The second kappa shape index (κ2) is 7.64. The molecule has 1 amide bonds. The molecule has 5 rings (SSSR count). The fourth-order valence-electron chi connectivity index (χ4n) is 3.44. The Morgan fingerprint density at radius 2 is 1.67 bits per heavy atom. The van der Waals surface area contributed by atoms with Crippen molar-refractivity contribution >= 4 is 33.3 Å². The molecule has 0 aliphatic heterocycles. The summed E-state index contributed by atoms with van der Waals surface area (Å²) in [6.07, 6.45) is 5.02. The zero-order valence-electron chi connectivity index (χ0n) is 15.9. The van der Waals surface area contributed by atoms with Crippen LogP contribution in [0.25, 0.3) is 21.7 Å². The van der Waals surface area contributed by atoms with Gasteiger partial charge in [0, 0.05) is 35.2 Å². The number of ether oxygens (including phenoxy) is 1. The highest BCUT2D eigenvalue weighted by Gasteiger charge is 2.11. The summed E-state index contributed by atoms with van der Waals surface area (Å²) in [5.41, 5.74) is 2.19. The molecule has 0 aliphatic carbocycles. The molecule has 1 N–H and O–H groups in total. The van der Waals surface area contributed by atoms with Crippen molar-refractivity contribution in [2.24, 2.45) is 0 Å². The number of fused-ring (bicyclic) bond motifs is 2. The van der Waals surface area contributed by atoms with E-state index in [4.69, 9.17) is 4.74 Å². The smallest absolute Gasteiger partial charge is 0.256 e. The van der Waals surface area contributed by atoms with Crippen molar-refractivity contribution in [1.29, 1.82) is 0 Å². The van der Waals surface area contributed by atoms with Gasteiger partial charge in [-0.15, -0.1) is 0 Å². The highest BCUT2D eigenvalue weighted by atomic mass is 16.5. The Morgan fingerprint density at radius 1 is 0.800 bits per heavy atom. The first kappa shape index (κ1) is 17.8. The molecule has 0 atom stereocenters. The van der Waals surface area contributed by atoms with E-state index in [1.807, 2.05) is 66.7 Å². The molecule has 0 saturated carbocycles. The summed E-state index contributed by atoms with van der Waals surface area (Å²) in [5, 5.41) is 5.64. The number of carbonyl (C=O) groups excluding carboxylic acids is 1. The van der Waals surface area contributed by atoms with Crippen LogP contribution in [-0.2, 0) is 0 Å². The van der Waals surface area contributed by atoms with Crippen LogP contribution >= 0.6 is 0 Å². The molecule has 0 bridgehead atoms. The fourth-order valence-corrected chi connectivity index (χ4v) is 3.44. The minimum atomic E-state index is -0.166. The van der Waals surface area contributed by atoms with Gasteiger partial charge in [-0.1, -0.05) is 24.3 Å². The normalized spacial score (nSPS) is 10.8. The van der Waals surface area contributed by atoms with E-state index in [0.717, 1.165) is 27.4 Å². The number of rotatable bonds is 4. The van der Waals surface area contributed by atoms with Crippen molar-refractivity contribution in [2.45, 2.75) is 0 Å². The van der Waals surface area contributed by atoms with Gasteiger partial charge >= 0.3 is 0 Å². The van der Waals surface area contributed by atoms with Crippen LogP contribution in [0.4, 0.5) is 5.69 Å². The Labute approximate surface area is 173 Å². The Kier molecular flexibility index (Phi) is 4.54. The molecule has 0 saturated heterocycles. The fraction of sp³-hybridized carbons (Fsp3) is 0. The largest absolute Gasteiger partial charge is 0.457 e. The summed E-state index contributed by atoms with van der Waals surface area (Å²) in [6, 6.07) is 24.6. The molecule has 2 heterocycles. The number of benzene rings is 3. The van der Waals surface area contributed by atoms with Crippen LogP contribution in [0.2, 0.25) is 0 Å². The van der Waals surface area contributed by atoms with Crippen LogP contribution in [-0.4, -0.2) is 15.9 Å². The Morgan fingerprint density at radius 3 is 2.57 bits per heavy atom. The molecule has 0 fully saturated rings. The van der Waals surface area contributed by atoms with Crippen molar-refractivity contribution < 1.29 is 9.53 Å². The molecular formula is C25H17N3O2. The summed E-state index contributed by atoms with van der Waals surface area (Å²) in [7, 11) is 0. The van der Waals surface area contributed by atoms with E-state index in [-0.39, 0.29) is 5.91 Å². The molecule has 0 unspecified atom stereocenters. The number of amides is 1. The maximum Gasteiger partial charge on any atom is 0.256 e. The number of para-hydroxylation sites is 1. The lowest BCUT2D eigenvalue weighted by atomic mass is 10.0. The number of hydrogen-bond donors (Lipinski definition) is 1. The van der Waals surface area contributed by atoms with E-state index in [9.17, 15) is 4.79 Å². The van der Waals surface area contributed by atoms with Crippen molar-refractivity contribution in [2.75, 3.05) is 5.32 Å². The second-order valence-electron chi connectivity index (χ2n) is 6.81. The van der Waals surface area contributed by atoms with E-state index in [1.165, 1.54) is 0 Å². The monoisotopic (exact) mass is 391 g/mol. The lowest BCUT2D eigenvalue weighted by Gasteiger charge is -2.11. The molecule has 144 valence electrons. The third kappa shape index (κ3) is 3.44. The van der Waals surface area contributed by atoms with Crippen molar-refractivity contribution in [3.05, 3.63) is 103 Å². The summed E-state index contributed by atoms with van der Waals surface area (Å²) in [5.74, 6) is 1.28. The summed E-state index contributed by atoms with van der Waals surface area (Å²) in [4.78, 5) is 21.1. The summed E-state index contributed by atoms with van der Waals surface area (Å²) in [6.45, 7) is 0. The van der Waals surface area contributed by atoms with E-state index in [0.29, 0.717) is 17.0 Å². The molecule has 5 nitrogen and oxygen atoms in total. The average Bonchev–Trinajstić information content (AvgIpc) is 2.79. The van der Waals surface area contributed by atoms with Gasteiger partial charge in [0.15, 0.2) is 0 Å². The van der Waals surface area contributed by atoms with Crippen LogP contribution in [0.1, 0.15) is 10.4 Å². The topological polar surface area (TPSA) is 64.1 Å². The first-order valence-electron chi connectivity index (χ1n) is 9.54. The quantitative estimate of drug-likeness (QED) is 0.419. The molecule has 5 aromatic rings. The van der Waals surface area contributed by atoms with E-state index < -0.39 is 0 Å². The number of nitrogens with zero attached hydrogens (tertiary/aromatic N) is 2. The van der Waals surface area contributed by atoms with Gasteiger partial charge in [0.05, 0.1) is 5.52 Å². The minimum Gasteiger partial charge on any atom is -0.457 e. The van der Waals surface area contributed by atoms with Gasteiger partial charge in [0.1, 0.15) is 11.5 Å². The number of carbonyl (C=O) groups is 1. The Balaban J connectivity index is 1.47. The molecule has 0 spiro atoms. The number of pyridine rings is 2. The molecule has 5 heteroatoms. The molecular weight excluding hydrogens is 374 g/mol.